The summed E-state index contributed by atoms with van der Waals surface area (Å²) in [5, 5.41) is 0. The van der Waals surface area contributed by atoms with Crippen LogP contribution >= 0.6 is 0 Å². The lowest BCUT2D eigenvalue weighted by Gasteiger charge is -2.13. The molecule has 0 radical (unpaired) electrons. The van der Waals surface area contributed by atoms with Gasteiger partial charge in [0.05, 0.1) is 25.4 Å². The van der Waals surface area contributed by atoms with Crippen molar-refractivity contribution in [1.29, 1.82) is 0 Å². The number of alkyl halides is 1. The quantitative estimate of drug-likeness (QED) is 0.419. The average molecular weight is 298 g/mol. The molecular formula is C15H19FO5. The molecule has 0 aliphatic rings. The van der Waals surface area contributed by atoms with Gasteiger partial charge in [0.25, 0.3) is 6.17 Å². The Morgan fingerprint density at radius 3 is 2.33 bits per heavy atom. The number of carbonyl (C=O) groups excluding carboxylic acids is 2. The number of ketones is 1. The second kappa shape index (κ2) is 8.24. The summed E-state index contributed by atoms with van der Waals surface area (Å²) in [5.41, 5.74) is -0.0386. The molecule has 0 saturated carbocycles. The Balaban J connectivity index is 3.08. The summed E-state index contributed by atoms with van der Waals surface area (Å²) in [7, 11) is 0. The minimum absolute atomic E-state index is 0.00381. The van der Waals surface area contributed by atoms with Gasteiger partial charge in [0.15, 0.2) is 0 Å². The van der Waals surface area contributed by atoms with Crippen molar-refractivity contribution in [2.24, 2.45) is 0 Å². The zero-order chi connectivity index (χ0) is 15.8. The highest BCUT2D eigenvalue weighted by Crippen LogP contribution is 2.26. The van der Waals surface area contributed by atoms with E-state index >= 15 is 0 Å². The molecule has 0 saturated heterocycles. The Morgan fingerprint density at radius 2 is 1.76 bits per heavy atom. The lowest BCUT2D eigenvalue weighted by Crippen LogP contribution is -2.28. The maximum atomic E-state index is 13.9. The fourth-order valence-corrected chi connectivity index (χ4v) is 1.70. The van der Waals surface area contributed by atoms with Crippen molar-refractivity contribution in [2.75, 3.05) is 19.8 Å². The standard InChI is InChI=1S/C15H19FO5/c1-4-19-10-7-8-12(20-5-2)11(9-10)14(17)13(16)15(18)21-6-3/h7-9,13H,4-6H2,1-3H3. The molecule has 1 aromatic rings. The predicted molar refractivity (Wildman–Crippen MR) is 74.6 cm³/mol. The van der Waals surface area contributed by atoms with Crippen LogP contribution in [-0.2, 0) is 9.53 Å². The number of hydrogen-bond acceptors (Lipinski definition) is 5. The average Bonchev–Trinajstić information content (AvgIpc) is 2.48. The van der Waals surface area contributed by atoms with Gasteiger partial charge in [-0.1, -0.05) is 0 Å². The van der Waals surface area contributed by atoms with E-state index in [1.807, 2.05) is 0 Å². The highest BCUT2D eigenvalue weighted by Gasteiger charge is 2.31. The monoisotopic (exact) mass is 298 g/mol. The summed E-state index contributed by atoms with van der Waals surface area (Å²) in [6.07, 6.45) is -2.37. The zero-order valence-electron chi connectivity index (χ0n) is 12.3. The third-order valence-electron chi connectivity index (χ3n) is 2.55. The Bertz CT molecular complexity index is 501. The van der Waals surface area contributed by atoms with Gasteiger partial charge in [-0.15, -0.1) is 0 Å². The van der Waals surface area contributed by atoms with Crippen LogP contribution in [0.1, 0.15) is 31.1 Å². The molecule has 0 aliphatic carbocycles. The molecule has 5 nitrogen and oxygen atoms in total. The van der Waals surface area contributed by atoms with Crippen LogP contribution in [0.5, 0.6) is 11.5 Å². The lowest BCUT2D eigenvalue weighted by atomic mass is 10.1. The van der Waals surface area contributed by atoms with Crippen LogP contribution in [0.4, 0.5) is 4.39 Å². The fourth-order valence-electron chi connectivity index (χ4n) is 1.70. The van der Waals surface area contributed by atoms with E-state index in [4.69, 9.17) is 9.47 Å². The molecule has 21 heavy (non-hydrogen) atoms. The smallest absolute Gasteiger partial charge is 0.349 e. The van der Waals surface area contributed by atoms with Crippen LogP contribution in [0.25, 0.3) is 0 Å². The molecule has 0 aromatic heterocycles. The van der Waals surface area contributed by atoms with Gasteiger partial charge in [0, 0.05) is 0 Å². The van der Waals surface area contributed by atoms with Crippen molar-refractivity contribution in [2.45, 2.75) is 26.9 Å². The van der Waals surface area contributed by atoms with Gasteiger partial charge >= 0.3 is 5.97 Å². The SMILES string of the molecule is CCOC(=O)C(F)C(=O)c1cc(OCC)ccc1OCC. The van der Waals surface area contributed by atoms with Crippen LogP contribution in [0.3, 0.4) is 0 Å². The Hall–Kier alpha value is -2.11. The molecule has 1 aromatic carbocycles. The second-order valence-electron chi connectivity index (χ2n) is 4.00. The minimum Gasteiger partial charge on any atom is -0.494 e. The van der Waals surface area contributed by atoms with Gasteiger partial charge < -0.3 is 14.2 Å². The second-order valence-corrected chi connectivity index (χ2v) is 4.00. The van der Waals surface area contributed by atoms with E-state index in [-0.39, 0.29) is 17.9 Å². The molecule has 1 rings (SSSR count). The molecule has 1 unspecified atom stereocenters. The van der Waals surface area contributed by atoms with Crippen LogP contribution in [0.2, 0.25) is 0 Å². The minimum atomic E-state index is -2.37. The van der Waals surface area contributed by atoms with Crippen molar-refractivity contribution in [1.82, 2.24) is 0 Å². The fraction of sp³-hybridized carbons (Fsp3) is 0.467. The third kappa shape index (κ3) is 4.44. The topological polar surface area (TPSA) is 61.8 Å². The van der Waals surface area contributed by atoms with E-state index in [0.29, 0.717) is 19.0 Å². The Kier molecular flexibility index (Phi) is 6.65. The number of ether oxygens (including phenoxy) is 3. The van der Waals surface area contributed by atoms with Crippen LogP contribution in [0.15, 0.2) is 18.2 Å². The highest BCUT2D eigenvalue weighted by molar-refractivity contribution is 6.12. The summed E-state index contributed by atoms with van der Waals surface area (Å²) in [6, 6.07) is 4.49. The predicted octanol–water partition coefficient (Wildman–Crippen LogP) is 2.57. The van der Waals surface area contributed by atoms with Crippen molar-refractivity contribution in [3.05, 3.63) is 23.8 Å². The van der Waals surface area contributed by atoms with Crippen LogP contribution in [-0.4, -0.2) is 37.7 Å². The number of rotatable bonds is 8. The van der Waals surface area contributed by atoms with E-state index in [2.05, 4.69) is 4.74 Å². The van der Waals surface area contributed by atoms with Crippen LogP contribution < -0.4 is 9.47 Å². The maximum Gasteiger partial charge on any atom is 0.349 e. The molecule has 0 fully saturated rings. The largest absolute Gasteiger partial charge is 0.494 e. The molecule has 0 bridgehead atoms. The van der Waals surface area contributed by atoms with Gasteiger partial charge in [-0.05, 0) is 39.0 Å². The summed E-state index contributed by atoms with van der Waals surface area (Å²) in [5.74, 6) is -1.59. The molecule has 0 aliphatic heterocycles. The lowest BCUT2D eigenvalue weighted by molar-refractivity contribution is -0.147. The van der Waals surface area contributed by atoms with Gasteiger partial charge in [-0.25, -0.2) is 9.18 Å². The summed E-state index contributed by atoms with van der Waals surface area (Å²) < 4.78 is 29.0. The van der Waals surface area contributed by atoms with Gasteiger partial charge in [-0.3, -0.25) is 4.79 Å². The number of benzene rings is 1. The summed E-state index contributed by atoms with van der Waals surface area (Å²) >= 11 is 0. The normalized spacial score (nSPS) is 11.6. The molecule has 6 heteroatoms. The molecule has 1 atom stereocenters. The first kappa shape index (κ1) is 16.9. The molecule has 0 spiro atoms. The first-order chi connectivity index (χ1) is 10.0. The molecule has 0 amide bonds. The van der Waals surface area contributed by atoms with Crippen molar-refractivity contribution in [3.63, 3.8) is 0 Å². The van der Waals surface area contributed by atoms with Crippen molar-refractivity contribution < 1.29 is 28.2 Å². The van der Waals surface area contributed by atoms with E-state index in [1.54, 1.807) is 19.9 Å². The zero-order valence-corrected chi connectivity index (χ0v) is 12.3. The van der Waals surface area contributed by atoms with Crippen LogP contribution in [0, 0.1) is 0 Å². The molecule has 0 N–H and O–H groups in total. The number of carbonyl (C=O) groups is 2. The van der Waals surface area contributed by atoms with E-state index < -0.39 is 17.9 Å². The number of esters is 1. The first-order valence-corrected chi connectivity index (χ1v) is 6.79. The number of hydrogen-bond donors (Lipinski definition) is 0. The third-order valence-corrected chi connectivity index (χ3v) is 2.55. The number of halogens is 1. The molecule has 0 heterocycles. The maximum absolute atomic E-state index is 13.9. The van der Waals surface area contributed by atoms with E-state index in [1.165, 1.54) is 19.1 Å². The van der Waals surface area contributed by atoms with E-state index in [9.17, 15) is 14.0 Å². The first-order valence-electron chi connectivity index (χ1n) is 6.79. The highest BCUT2D eigenvalue weighted by atomic mass is 19.1. The molecule has 116 valence electrons. The molecular weight excluding hydrogens is 279 g/mol. The number of Topliss-reactive ketones (excluding diaryl/α,β-unsaturated/α-hetero) is 1. The van der Waals surface area contributed by atoms with Gasteiger partial charge in [-0.2, -0.15) is 0 Å². The Labute approximate surface area is 123 Å². The van der Waals surface area contributed by atoms with Gasteiger partial charge in [0.1, 0.15) is 11.5 Å². The Morgan fingerprint density at radius 1 is 1.10 bits per heavy atom. The van der Waals surface area contributed by atoms with Gasteiger partial charge in [0.2, 0.25) is 5.78 Å². The van der Waals surface area contributed by atoms with Crippen molar-refractivity contribution >= 4 is 11.8 Å². The summed E-state index contributed by atoms with van der Waals surface area (Å²) in [6.45, 7) is 5.78. The van der Waals surface area contributed by atoms with Crippen molar-refractivity contribution in [3.8, 4) is 11.5 Å². The summed E-state index contributed by atoms with van der Waals surface area (Å²) in [4.78, 5) is 23.4. The van der Waals surface area contributed by atoms with E-state index in [0.717, 1.165) is 0 Å².